The molecule has 1 aliphatic heterocycles. The second-order valence-electron chi connectivity index (χ2n) is 10.4. The Morgan fingerprint density at radius 1 is 1.19 bits per heavy atom. The van der Waals surface area contributed by atoms with Crippen molar-refractivity contribution in [2.45, 2.75) is 97.8 Å². The molecule has 1 aliphatic rings. The molecule has 1 aromatic rings. The smallest absolute Gasteiger partial charge is 0.408 e. The van der Waals surface area contributed by atoms with Gasteiger partial charge in [-0.05, 0) is 70.8 Å². The molecule has 0 radical (unpaired) electrons. The molecule has 2 rings (SSSR count). The van der Waals surface area contributed by atoms with Crippen LogP contribution in [0.2, 0.25) is 0 Å². The second-order valence-corrected chi connectivity index (χ2v) is 10.4. The number of carbonyl (C=O) groups excluding carboxylic acids is 2. The molecule has 0 aliphatic carbocycles. The van der Waals surface area contributed by atoms with Crippen LogP contribution in [0.5, 0.6) is 0 Å². The second kappa shape index (κ2) is 11.5. The molecule has 0 saturated carbocycles. The Hall–Kier alpha value is -2.04. The van der Waals surface area contributed by atoms with Crippen molar-refractivity contribution >= 4 is 12.1 Å². The molecule has 5 heteroatoms. The van der Waals surface area contributed by atoms with Gasteiger partial charge in [0.05, 0.1) is 0 Å². The molecule has 31 heavy (non-hydrogen) atoms. The van der Waals surface area contributed by atoms with Crippen molar-refractivity contribution < 1.29 is 19.1 Å². The molecule has 0 aromatic heterocycles. The van der Waals surface area contributed by atoms with Crippen molar-refractivity contribution in [1.82, 2.24) is 5.32 Å². The normalized spacial score (nSPS) is 25.2. The van der Waals surface area contributed by atoms with Gasteiger partial charge in [0.2, 0.25) is 0 Å². The van der Waals surface area contributed by atoms with Crippen LogP contribution in [0.1, 0.15) is 79.2 Å². The van der Waals surface area contributed by atoms with Crippen molar-refractivity contribution in [3.05, 3.63) is 35.9 Å². The highest BCUT2D eigenvalue weighted by molar-refractivity contribution is 5.81. The van der Waals surface area contributed by atoms with Gasteiger partial charge in [0.1, 0.15) is 17.7 Å². The molecule has 4 atom stereocenters. The largest absolute Gasteiger partial charge is 0.461 e. The zero-order valence-corrected chi connectivity index (χ0v) is 20.1. The summed E-state index contributed by atoms with van der Waals surface area (Å²) in [5.41, 5.74) is 0.662. The molecule has 1 fully saturated rings. The van der Waals surface area contributed by atoms with Gasteiger partial charge < -0.3 is 14.8 Å². The molecule has 5 nitrogen and oxygen atoms in total. The van der Waals surface area contributed by atoms with Gasteiger partial charge >= 0.3 is 12.1 Å². The summed E-state index contributed by atoms with van der Waals surface area (Å²) < 4.78 is 11.3. The van der Waals surface area contributed by atoms with Crippen molar-refractivity contribution in [2.75, 3.05) is 0 Å². The number of nitrogens with one attached hydrogen (secondary N) is 1. The highest BCUT2D eigenvalue weighted by Crippen LogP contribution is 2.33. The average molecular weight is 432 g/mol. The third-order valence-electron chi connectivity index (χ3n) is 5.98. The van der Waals surface area contributed by atoms with Gasteiger partial charge in [-0.25, -0.2) is 9.59 Å². The fourth-order valence-corrected chi connectivity index (χ4v) is 4.36. The molecular weight excluding hydrogens is 390 g/mol. The summed E-state index contributed by atoms with van der Waals surface area (Å²) in [4.78, 5) is 25.2. The van der Waals surface area contributed by atoms with Gasteiger partial charge in [0.25, 0.3) is 0 Å². The Bertz CT molecular complexity index is 695. The first-order valence-electron chi connectivity index (χ1n) is 11.8. The van der Waals surface area contributed by atoms with E-state index in [1.165, 1.54) is 5.56 Å². The van der Waals surface area contributed by atoms with Gasteiger partial charge in [0.15, 0.2) is 0 Å². The predicted molar refractivity (Wildman–Crippen MR) is 124 cm³/mol. The van der Waals surface area contributed by atoms with Gasteiger partial charge in [-0.1, -0.05) is 57.0 Å². The third-order valence-corrected chi connectivity index (χ3v) is 5.98. The molecule has 1 aromatic carbocycles. The monoisotopic (exact) mass is 431 g/mol. The topological polar surface area (TPSA) is 64.6 Å². The van der Waals surface area contributed by atoms with E-state index >= 15 is 0 Å². The zero-order chi connectivity index (χ0) is 23.0. The van der Waals surface area contributed by atoms with Crippen LogP contribution in [0, 0.1) is 17.8 Å². The first-order valence-corrected chi connectivity index (χ1v) is 11.8. The van der Waals surface area contributed by atoms with E-state index in [9.17, 15) is 9.59 Å². The standard InChI is InChI=1S/C26H41NO4/c1-18(2)15-16-21-13-10-14-23(27-25(29)31-26(4,5)6)24(28)30-19(3)22(21)17-20-11-8-7-9-12-20/h7-9,11-12,18-19,21-23H,10,13-17H2,1-6H3,(H,27,29)/t19-,21+,22-,23-/m0/s1. The Balaban J connectivity index is 2.16. The summed E-state index contributed by atoms with van der Waals surface area (Å²) in [7, 11) is 0. The quantitative estimate of drug-likeness (QED) is 0.569. The fraction of sp³-hybridized carbons (Fsp3) is 0.692. The summed E-state index contributed by atoms with van der Waals surface area (Å²) >= 11 is 0. The van der Waals surface area contributed by atoms with Gasteiger partial charge in [-0.2, -0.15) is 0 Å². The highest BCUT2D eigenvalue weighted by atomic mass is 16.6. The number of carbonyl (C=O) groups is 2. The summed E-state index contributed by atoms with van der Waals surface area (Å²) in [6.45, 7) is 11.9. The molecule has 174 valence electrons. The lowest BCUT2D eigenvalue weighted by atomic mass is 9.77. The SMILES string of the molecule is CC(C)CC[C@H]1CCC[C@H](NC(=O)OC(C)(C)C)C(=O)O[C@@H](C)[C@@H]1Cc1ccccc1. The van der Waals surface area contributed by atoms with E-state index < -0.39 is 17.7 Å². The van der Waals surface area contributed by atoms with Crippen LogP contribution in [0.25, 0.3) is 0 Å². The highest BCUT2D eigenvalue weighted by Gasteiger charge is 2.34. The van der Waals surface area contributed by atoms with Crippen LogP contribution < -0.4 is 5.32 Å². The zero-order valence-electron chi connectivity index (χ0n) is 20.1. The van der Waals surface area contributed by atoms with Gasteiger partial charge in [-0.3, -0.25) is 0 Å². The molecule has 0 bridgehead atoms. The average Bonchev–Trinajstić information content (AvgIpc) is 2.71. The Morgan fingerprint density at radius 2 is 1.87 bits per heavy atom. The number of benzene rings is 1. The maximum absolute atomic E-state index is 12.9. The molecule has 1 amide bonds. The Labute approximate surface area is 188 Å². The Kier molecular flexibility index (Phi) is 9.39. The molecule has 0 spiro atoms. The van der Waals surface area contributed by atoms with Crippen molar-refractivity contribution in [3.8, 4) is 0 Å². The molecule has 1 N–H and O–H groups in total. The number of amides is 1. The van der Waals surface area contributed by atoms with Crippen molar-refractivity contribution in [1.29, 1.82) is 0 Å². The van der Waals surface area contributed by atoms with E-state index in [1.54, 1.807) is 0 Å². The minimum absolute atomic E-state index is 0.217. The minimum Gasteiger partial charge on any atom is -0.461 e. The number of cyclic esters (lactones) is 1. The van der Waals surface area contributed by atoms with Crippen LogP contribution in [-0.2, 0) is 20.7 Å². The number of hydrogen-bond donors (Lipinski definition) is 1. The maximum atomic E-state index is 12.9. The number of ether oxygens (including phenoxy) is 2. The van der Waals surface area contributed by atoms with Crippen LogP contribution in [-0.4, -0.2) is 29.8 Å². The maximum Gasteiger partial charge on any atom is 0.408 e. The van der Waals surface area contributed by atoms with E-state index in [-0.39, 0.29) is 18.0 Å². The van der Waals surface area contributed by atoms with Crippen LogP contribution in [0.4, 0.5) is 4.79 Å². The van der Waals surface area contributed by atoms with Crippen LogP contribution >= 0.6 is 0 Å². The van der Waals surface area contributed by atoms with Crippen LogP contribution in [0.3, 0.4) is 0 Å². The Morgan fingerprint density at radius 3 is 2.48 bits per heavy atom. The lowest BCUT2D eigenvalue weighted by molar-refractivity contribution is -0.154. The van der Waals surface area contributed by atoms with Gasteiger partial charge in [-0.15, -0.1) is 0 Å². The fourth-order valence-electron chi connectivity index (χ4n) is 4.36. The van der Waals surface area contributed by atoms with Crippen molar-refractivity contribution in [2.24, 2.45) is 17.8 Å². The van der Waals surface area contributed by atoms with E-state index in [0.29, 0.717) is 18.3 Å². The minimum atomic E-state index is -0.668. The number of rotatable bonds is 6. The summed E-state index contributed by atoms with van der Waals surface area (Å²) in [6, 6.07) is 9.77. The first kappa shape index (κ1) is 25.2. The van der Waals surface area contributed by atoms with E-state index in [2.05, 4.69) is 43.4 Å². The summed E-state index contributed by atoms with van der Waals surface area (Å²) in [5, 5.41) is 2.74. The van der Waals surface area contributed by atoms with Crippen LogP contribution in [0.15, 0.2) is 30.3 Å². The summed E-state index contributed by atoms with van der Waals surface area (Å²) in [5.74, 6) is 1.02. The lowest BCUT2D eigenvalue weighted by Crippen LogP contribution is -2.45. The number of hydrogen-bond acceptors (Lipinski definition) is 4. The molecule has 1 heterocycles. The van der Waals surface area contributed by atoms with E-state index in [4.69, 9.17) is 9.47 Å². The number of esters is 1. The molecule has 1 saturated heterocycles. The number of alkyl carbamates (subject to hydrolysis) is 1. The first-order chi connectivity index (χ1) is 14.5. The summed E-state index contributed by atoms with van der Waals surface area (Å²) in [6.07, 6.45) is 4.86. The van der Waals surface area contributed by atoms with E-state index in [0.717, 1.165) is 32.1 Å². The van der Waals surface area contributed by atoms with Gasteiger partial charge in [0, 0.05) is 5.92 Å². The molecule has 0 unspecified atom stereocenters. The molecular formula is C26H41NO4. The lowest BCUT2D eigenvalue weighted by Gasteiger charge is -2.32. The predicted octanol–water partition coefficient (Wildman–Crippen LogP) is 5.91. The van der Waals surface area contributed by atoms with E-state index in [1.807, 2.05) is 33.8 Å². The van der Waals surface area contributed by atoms with Crippen molar-refractivity contribution in [3.63, 3.8) is 0 Å². The third kappa shape index (κ3) is 8.92.